The van der Waals surface area contributed by atoms with Crippen molar-refractivity contribution in [1.29, 1.82) is 0 Å². The lowest BCUT2D eigenvalue weighted by Crippen LogP contribution is -2.30. The summed E-state index contributed by atoms with van der Waals surface area (Å²) in [5.41, 5.74) is 1.83. The second-order valence-corrected chi connectivity index (χ2v) is 7.13. The highest BCUT2D eigenvalue weighted by molar-refractivity contribution is 9.10. The van der Waals surface area contributed by atoms with Gasteiger partial charge in [0.25, 0.3) is 11.1 Å². The number of rotatable bonds is 4. The molecule has 0 aromatic heterocycles. The van der Waals surface area contributed by atoms with Gasteiger partial charge in [0.15, 0.2) is 0 Å². The molecule has 0 spiro atoms. The monoisotopic (exact) mass is 403 g/mol. The van der Waals surface area contributed by atoms with E-state index in [1.807, 2.05) is 30.3 Å². The number of aromatic hydroxyl groups is 1. The van der Waals surface area contributed by atoms with E-state index in [2.05, 4.69) is 15.9 Å². The van der Waals surface area contributed by atoms with Crippen molar-refractivity contribution in [3.05, 3.63) is 69.0 Å². The molecule has 2 amide bonds. The predicted molar refractivity (Wildman–Crippen MR) is 98.6 cm³/mol. The molecule has 0 aliphatic carbocycles. The molecular weight excluding hydrogens is 390 g/mol. The van der Waals surface area contributed by atoms with Crippen LogP contribution < -0.4 is 0 Å². The minimum Gasteiger partial charge on any atom is -0.507 e. The predicted octanol–water partition coefficient (Wildman–Crippen LogP) is 4.43. The van der Waals surface area contributed by atoms with E-state index in [1.54, 1.807) is 18.2 Å². The molecule has 1 fully saturated rings. The van der Waals surface area contributed by atoms with Crippen LogP contribution >= 0.6 is 27.7 Å². The number of halogens is 1. The van der Waals surface area contributed by atoms with Gasteiger partial charge in [-0.2, -0.15) is 0 Å². The fourth-order valence-corrected chi connectivity index (χ4v) is 3.60. The average molecular weight is 404 g/mol. The van der Waals surface area contributed by atoms with Crippen LogP contribution in [0.15, 0.2) is 57.9 Å². The Morgan fingerprint density at radius 2 is 1.88 bits per heavy atom. The van der Waals surface area contributed by atoms with E-state index in [9.17, 15) is 14.7 Å². The van der Waals surface area contributed by atoms with Crippen LogP contribution in [-0.4, -0.2) is 27.7 Å². The second-order valence-electron chi connectivity index (χ2n) is 5.28. The van der Waals surface area contributed by atoms with Crippen molar-refractivity contribution in [2.45, 2.75) is 6.42 Å². The number of thioether (sulfide) groups is 1. The number of nitrogens with zero attached hydrogens (tertiary/aromatic N) is 1. The van der Waals surface area contributed by atoms with Crippen molar-refractivity contribution in [1.82, 2.24) is 4.90 Å². The van der Waals surface area contributed by atoms with Crippen molar-refractivity contribution >= 4 is 44.9 Å². The van der Waals surface area contributed by atoms with E-state index in [1.165, 1.54) is 11.0 Å². The number of amides is 2. The Morgan fingerprint density at radius 1 is 1.12 bits per heavy atom. The van der Waals surface area contributed by atoms with E-state index in [0.717, 1.165) is 22.9 Å². The maximum Gasteiger partial charge on any atom is 0.293 e. The largest absolute Gasteiger partial charge is 0.507 e. The molecule has 4 nitrogen and oxygen atoms in total. The van der Waals surface area contributed by atoms with Gasteiger partial charge in [0.05, 0.1) is 9.38 Å². The minimum atomic E-state index is -0.273. The summed E-state index contributed by atoms with van der Waals surface area (Å²) in [6.45, 7) is 0.366. The summed E-state index contributed by atoms with van der Waals surface area (Å²) in [4.78, 5) is 26.2. The highest BCUT2D eigenvalue weighted by Crippen LogP contribution is 2.33. The highest BCUT2D eigenvalue weighted by Gasteiger charge is 2.34. The summed E-state index contributed by atoms with van der Waals surface area (Å²) in [7, 11) is 0. The topological polar surface area (TPSA) is 57.6 Å². The Hall–Kier alpha value is -2.05. The van der Waals surface area contributed by atoms with Gasteiger partial charge in [0, 0.05) is 6.54 Å². The molecule has 2 aromatic rings. The Bertz CT molecular complexity index is 820. The van der Waals surface area contributed by atoms with Gasteiger partial charge in [-0.3, -0.25) is 14.5 Å². The molecule has 1 N–H and O–H groups in total. The molecule has 0 unspecified atom stereocenters. The molecule has 0 saturated carbocycles. The normalized spacial score (nSPS) is 16.2. The number of hydrogen-bond donors (Lipinski definition) is 1. The van der Waals surface area contributed by atoms with E-state index >= 15 is 0 Å². The lowest BCUT2D eigenvalue weighted by molar-refractivity contribution is -0.122. The summed E-state index contributed by atoms with van der Waals surface area (Å²) in [6.07, 6.45) is 2.30. The SMILES string of the molecule is O=C1S/C(=C/c2ccc(O)c(Br)c2)C(=O)N1CCc1ccccc1. The molecule has 6 heteroatoms. The molecule has 0 radical (unpaired) electrons. The third-order valence-electron chi connectivity index (χ3n) is 3.61. The first-order chi connectivity index (χ1) is 11.5. The molecule has 1 aliphatic heterocycles. The summed E-state index contributed by atoms with van der Waals surface area (Å²) >= 11 is 4.18. The average Bonchev–Trinajstić information content (AvgIpc) is 2.84. The van der Waals surface area contributed by atoms with Crippen LogP contribution in [0.3, 0.4) is 0 Å². The maximum atomic E-state index is 12.4. The van der Waals surface area contributed by atoms with Crippen LogP contribution in [0.25, 0.3) is 6.08 Å². The highest BCUT2D eigenvalue weighted by atomic mass is 79.9. The van der Waals surface area contributed by atoms with Gasteiger partial charge in [-0.15, -0.1) is 0 Å². The molecular formula is C18H14BrNO3S. The molecule has 24 heavy (non-hydrogen) atoms. The van der Waals surface area contributed by atoms with Crippen molar-refractivity contribution in [3.8, 4) is 5.75 Å². The minimum absolute atomic E-state index is 0.128. The van der Waals surface area contributed by atoms with Crippen molar-refractivity contribution < 1.29 is 14.7 Å². The molecule has 1 heterocycles. The van der Waals surface area contributed by atoms with E-state index in [0.29, 0.717) is 22.3 Å². The van der Waals surface area contributed by atoms with Gasteiger partial charge in [-0.25, -0.2) is 0 Å². The molecule has 0 bridgehead atoms. The lowest BCUT2D eigenvalue weighted by atomic mass is 10.1. The number of benzene rings is 2. The fraction of sp³-hybridized carbons (Fsp3) is 0.111. The zero-order valence-electron chi connectivity index (χ0n) is 12.6. The van der Waals surface area contributed by atoms with E-state index < -0.39 is 0 Å². The van der Waals surface area contributed by atoms with Gasteiger partial charge in [-0.1, -0.05) is 36.4 Å². The van der Waals surface area contributed by atoms with Crippen LogP contribution in [0.2, 0.25) is 0 Å². The Kier molecular flexibility index (Phi) is 5.06. The molecule has 3 rings (SSSR count). The van der Waals surface area contributed by atoms with Gasteiger partial charge in [0.1, 0.15) is 5.75 Å². The Morgan fingerprint density at radius 3 is 2.58 bits per heavy atom. The van der Waals surface area contributed by atoms with Crippen molar-refractivity contribution in [2.75, 3.05) is 6.54 Å². The third kappa shape index (κ3) is 3.71. The van der Waals surface area contributed by atoms with Crippen LogP contribution in [0, 0.1) is 0 Å². The van der Waals surface area contributed by atoms with Crippen LogP contribution in [0.5, 0.6) is 5.75 Å². The first kappa shape index (κ1) is 16.8. The molecule has 0 atom stereocenters. The summed E-state index contributed by atoms with van der Waals surface area (Å²) in [5, 5.41) is 9.27. The number of imide groups is 1. The zero-order chi connectivity index (χ0) is 17.1. The molecule has 1 saturated heterocycles. The summed E-state index contributed by atoms with van der Waals surface area (Å²) in [6, 6.07) is 14.7. The van der Waals surface area contributed by atoms with Crippen LogP contribution in [-0.2, 0) is 11.2 Å². The van der Waals surface area contributed by atoms with Gasteiger partial charge >= 0.3 is 0 Å². The Labute approximate surface area is 152 Å². The second kappa shape index (κ2) is 7.23. The number of hydrogen-bond acceptors (Lipinski definition) is 4. The summed E-state index contributed by atoms with van der Waals surface area (Å²) < 4.78 is 0.541. The lowest BCUT2D eigenvalue weighted by Gasteiger charge is -2.12. The van der Waals surface area contributed by atoms with Crippen molar-refractivity contribution in [3.63, 3.8) is 0 Å². The molecule has 122 valence electrons. The first-order valence-corrected chi connectivity index (χ1v) is 8.93. The van der Waals surface area contributed by atoms with Crippen LogP contribution in [0.4, 0.5) is 4.79 Å². The van der Waals surface area contributed by atoms with E-state index in [4.69, 9.17) is 0 Å². The number of phenols is 1. The van der Waals surface area contributed by atoms with Crippen LogP contribution in [0.1, 0.15) is 11.1 Å². The summed E-state index contributed by atoms with van der Waals surface area (Å²) in [5.74, 6) is -0.145. The standard InChI is InChI=1S/C18H14BrNO3S/c19-14-10-13(6-7-15(14)21)11-16-17(22)20(18(23)24-16)9-8-12-4-2-1-3-5-12/h1-7,10-11,21H,8-9H2/b16-11+. The fourth-order valence-electron chi connectivity index (χ4n) is 2.34. The van der Waals surface area contributed by atoms with Gasteiger partial charge < -0.3 is 5.11 Å². The zero-order valence-corrected chi connectivity index (χ0v) is 15.0. The molecule has 1 aliphatic rings. The van der Waals surface area contributed by atoms with Gasteiger partial charge in [0.2, 0.25) is 0 Å². The van der Waals surface area contributed by atoms with Gasteiger partial charge in [-0.05, 0) is 63.4 Å². The Balaban J connectivity index is 1.73. The molecule has 2 aromatic carbocycles. The quantitative estimate of drug-likeness (QED) is 0.766. The van der Waals surface area contributed by atoms with E-state index in [-0.39, 0.29) is 16.9 Å². The number of phenolic OH excluding ortho intramolecular Hbond substituents is 1. The third-order valence-corrected chi connectivity index (χ3v) is 5.15. The van der Waals surface area contributed by atoms with Crippen molar-refractivity contribution in [2.24, 2.45) is 0 Å². The number of carbonyl (C=O) groups excluding carboxylic acids is 2. The number of carbonyl (C=O) groups is 2. The maximum absolute atomic E-state index is 12.4. The first-order valence-electron chi connectivity index (χ1n) is 7.32. The smallest absolute Gasteiger partial charge is 0.293 e.